The van der Waals surface area contributed by atoms with Crippen molar-refractivity contribution < 1.29 is 18.7 Å². The molecule has 0 aliphatic heterocycles. The fraction of sp³-hybridized carbons (Fsp3) is 0.269. The van der Waals surface area contributed by atoms with Gasteiger partial charge in [-0.3, -0.25) is 9.59 Å². The highest BCUT2D eigenvalue weighted by Crippen LogP contribution is 2.24. The zero-order valence-electron chi connectivity index (χ0n) is 19.6. The minimum atomic E-state index is -0.355. The van der Waals surface area contributed by atoms with E-state index < -0.39 is 0 Å². The van der Waals surface area contributed by atoms with E-state index in [1.165, 1.54) is 5.56 Å². The molecular weight excluding hydrogens is 418 g/mol. The number of carbonyl (C=O) groups is 2. The van der Waals surface area contributed by atoms with Crippen LogP contribution in [0.5, 0.6) is 5.75 Å². The molecule has 172 valence electrons. The van der Waals surface area contributed by atoms with Gasteiger partial charge in [0.25, 0.3) is 11.8 Å². The predicted octanol–water partition coefficient (Wildman–Crippen LogP) is 5.06. The summed E-state index contributed by atoms with van der Waals surface area (Å²) in [6.07, 6.45) is 0. The standard InChI is InChI=1S/C26H29N3O4/c1-17-6-15-23(33-17)25(31)27-21-11-7-19(8-12-21)18(2)28-29-24(30)16-32-22-13-9-20(10-14-22)26(3,4)5/h6-15H,16H2,1-5H3,(H,27,31)(H,29,30)/b28-18+. The van der Waals surface area contributed by atoms with E-state index >= 15 is 0 Å². The molecule has 0 spiro atoms. The van der Waals surface area contributed by atoms with Crippen molar-refractivity contribution in [3.8, 4) is 5.75 Å². The largest absolute Gasteiger partial charge is 0.484 e. The van der Waals surface area contributed by atoms with E-state index in [2.05, 4.69) is 36.6 Å². The number of aryl methyl sites for hydroxylation is 1. The molecule has 2 N–H and O–H groups in total. The Balaban J connectivity index is 1.49. The highest BCUT2D eigenvalue weighted by atomic mass is 16.5. The highest BCUT2D eigenvalue weighted by Gasteiger charge is 2.13. The Hall–Kier alpha value is -3.87. The number of hydrazone groups is 1. The average Bonchev–Trinajstić information content (AvgIpc) is 3.22. The summed E-state index contributed by atoms with van der Waals surface area (Å²) in [4.78, 5) is 24.3. The Morgan fingerprint density at radius 2 is 1.64 bits per heavy atom. The third-order valence-corrected chi connectivity index (χ3v) is 4.96. The maximum absolute atomic E-state index is 12.2. The summed E-state index contributed by atoms with van der Waals surface area (Å²) in [6.45, 7) is 9.85. The number of nitrogens with zero attached hydrogens (tertiary/aromatic N) is 1. The third kappa shape index (κ3) is 6.80. The molecule has 0 aliphatic rings. The number of furan rings is 1. The van der Waals surface area contributed by atoms with Crippen molar-refractivity contribution in [3.05, 3.63) is 83.3 Å². The van der Waals surface area contributed by atoms with Gasteiger partial charge >= 0.3 is 0 Å². The quantitative estimate of drug-likeness (QED) is 0.391. The number of benzene rings is 2. The van der Waals surface area contributed by atoms with Crippen LogP contribution in [-0.4, -0.2) is 24.1 Å². The zero-order chi connectivity index (χ0) is 24.0. The van der Waals surface area contributed by atoms with Crippen LogP contribution in [0, 0.1) is 6.92 Å². The van der Waals surface area contributed by atoms with E-state index in [4.69, 9.17) is 9.15 Å². The van der Waals surface area contributed by atoms with Crippen LogP contribution < -0.4 is 15.5 Å². The Kier molecular flexibility index (Phi) is 7.33. The van der Waals surface area contributed by atoms with Crippen LogP contribution >= 0.6 is 0 Å². The molecule has 2 amide bonds. The van der Waals surface area contributed by atoms with Gasteiger partial charge < -0.3 is 14.5 Å². The molecule has 7 heteroatoms. The first-order chi connectivity index (χ1) is 15.6. The van der Waals surface area contributed by atoms with Crippen molar-refractivity contribution in [1.29, 1.82) is 0 Å². The Labute approximate surface area is 193 Å². The Bertz CT molecular complexity index is 1140. The molecule has 0 fully saturated rings. The van der Waals surface area contributed by atoms with Gasteiger partial charge in [-0.1, -0.05) is 45.0 Å². The van der Waals surface area contributed by atoms with Crippen LogP contribution in [0.1, 0.15) is 55.1 Å². The molecule has 0 saturated carbocycles. The number of nitrogens with one attached hydrogen (secondary N) is 2. The topological polar surface area (TPSA) is 92.9 Å². The summed E-state index contributed by atoms with van der Waals surface area (Å²) >= 11 is 0. The van der Waals surface area contributed by atoms with E-state index in [-0.39, 0.29) is 29.6 Å². The molecule has 0 bridgehead atoms. The smallest absolute Gasteiger partial charge is 0.291 e. The fourth-order valence-electron chi connectivity index (χ4n) is 2.99. The molecule has 33 heavy (non-hydrogen) atoms. The first-order valence-corrected chi connectivity index (χ1v) is 10.7. The number of hydrogen-bond acceptors (Lipinski definition) is 5. The molecule has 0 saturated heterocycles. The molecule has 3 rings (SSSR count). The van der Waals surface area contributed by atoms with E-state index in [9.17, 15) is 9.59 Å². The molecule has 3 aromatic rings. The van der Waals surface area contributed by atoms with Crippen molar-refractivity contribution in [3.63, 3.8) is 0 Å². The molecule has 0 atom stereocenters. The molecular formula is C26H29N3O4. The Morgan fingerprint density at radius 1 is 0.970 bits per heavy atom. The molecule has 7 nitrogen and oxygen atoms in total. The lowest BCUT2D eigenvalue weighted by Crippen LogP contribution is -2.25. The lowest BCUT2D eigenvalue weighted by Gasteiger charge is -2.19. The molecule has 2 aromatic carbocycles. The summed E-state index contributed by atoms with van der Waals surface area (Å²) in [7, 11) is 0. The minimum absolute atomic E-state index is 0.0600. The number of rotatable bonds is 7. The summed E-state index contributed by atoms with van der Waals surface area (Å²) in [5, 5.41) is 6.90. The zero-order valence-corrected chi connectivity index (χ0v) is 19.6. The second-order valence-corrected chi connectivity index (χ2v) is 8.74. The van der Waals surface area contributed by atoms with Gasteiger partial charge in [0.05, 0.1) is 5.71 Å². The average molecular weight is 448 g/mol. The van der Waals surface area contributed by atoms with Gasteiger partial charge in [-0.2, -0.15) is 5.10 Å². The van der Waals surface area contributed by atoms with Crippen molar-refractivity contribution in [1.82, 2.24) is 5.43 Å². The lowest BCUT2D eigenvalue weighted by molar-refractivity contribution is -0.123. The van der Waals surface area contributed by atoms with Crippen molar-refractivity contribution >= 4 is 23.2 Å². The van der Waals surface area contributed by atoms with E-state index in [1.54, 1.807) is 50.2 Å². The van der Waals surface area contributed by atoms with Gasteiger partial charge in [0, 0.05) is 5.69 Å². The fourth-order valence-corrected chi connectivity index (χ4v) is 2.99. The number of anilines is 1. The number of ether oxygens (including phenoxy) is 1. The van der Waals surface area contributed by atoms with Crippen LogP contribution in [0.25, 0.3) is 0 Å². The minimum Gasteiger partial charge on any atom is -0.484 e. The summed E-state index contributed by atoms with van der Waals surface area (Å²) in [6, 6.07) is 18.2. The maximum Gasteiger partial charge on any atom is 0.291 e. The molecule has 1 aromatic heterocycles. The van der Waals surface area contributed by atoms with Crippen LogP contribution in [0.15, 0.2) is 70.2 Å². The molecule has 0 aliphatic carbocycles. The van der Waals surface area contributed by atoms with Crippen molar-refractivity contribution in [2.75, 3.05) is 11.9 Å². The maximum atomic E-state index is 12.2. The van der Waals surface area contributed by atoms with Crippen LogP contribution in [-0.2, 0) is 10.2 Å². The second-order valence-electron chi connectivity index (χ2n) is 8.74. The highest BCUT2D eigenvalue weighted by molar-refractivity contribution is 6.03. The van der Waals surface area contributed by atoms with E-state index in [0.717, 1.165) is 5.56 Å². The van der Waals surface area contributed by atoms with Gasteiger partial charge in [0.15, 0.2) is 12.4 Å². The normalized spacial score (nSPS) is 11.7. The molecule has 1 heterocycles. The van der Waals surface area contributed by atoms with E-state index in [1.807, 2.05) is 24.3 Å². The number of carbonyl (C=O) groups excluding carboxylic acids is 2. The summed E-state index contributed by atoms with van der Waals surface area (Å²) in [5.41, 5.74) is 5.81. The van der Waals surface area contributed by atoms with Gasteiger partial charge in [0.1, 0.15) is 11.5 Å². The monoisotopic (exact) mass is 447 g/mol. The SMILES string of the molecule is C/C(=N\NC(=O)COc1ccc(C(C)(C)C)cc1)c1ccc(NC(=O)c2ccc(C)o2)cc1. The lowest BCUT2D eigenvalue weighted by atomic mass is 9.87. The molecule has 0 unspecified atom stereocenters. The Morgan fingerprint density at radius 3 is 2.21 bits per heavy atom. The van der Waals surface area contributed by atoms with Gasteiger partial charge in [-0.05, 0) is 66.8 Å². The first-order valence-electron chi connectivity index (χ1n) is 10.7. The van der Waals surface area contributed by atoms with Crippen molar-refractivity contribution in [2.45, 2.75) is 40.0 Å². The van der Waals surface area contributed by atoms with Gasteiger partial charge in [0.2, 0.25) is 0 Å². The summed E-state index contributed by atoms with van der Waals surface area (Å²) < 4.78 is 10.9. The number of hydrogen-bond donors (Lipinski definition) is 2. The third-order valence-electron chi connectivity index (χ3n) is 4.96. The molecule has 0 radical (unpaired) electrons. The number of amides is 2. The van der Waals surface area contributed by atoms with Gasteiger partial charge in [-0.25, -0.2) is 5.43 Å². The van der Waals surface area contributed by atoms with Crippen LogP contribution in [0.2, 0.25) is 0 Å². The van der Waals surface area contributed by atoms with E-state index in [0.29, 0.717) is 22.9 Å². The summed E-state index contributed by atoms with van der Waals surface area (Å²) in [5.74, 6) is 0.882. The predicted molar refractivity (Wildman–Crippen MR) is 129 cm³/mol. The second kappa shape index (κ2) is 10.2. The van der Waals surface area contributed by atoms with Crippen LogP contribution in [0.3, 0.4) is 0 Å². The first kappa shape index (κ1) is 23.8. The van der Waals surface area contributed by atoms with Crippen molar-refractivity contribution in [2.24, 2.45) is 5.10 Å². The van der Waals surface area contributed by atoms with Crippen LogP contribution in [0.4, 0.5) is 5.69 Å². The van der Waals surface area contributed by atoms with Gasteiger partial charge in [-0.15, -0.1) is 0 Å².